The minimum atomic E-state index is -0.139. The van der Waals surface area contributed by atoms with Gasteiger partial charge in [-0.3, -0.25) is 0 Å². The number of halogens is 1. The summed E-state index contributed by atoms with van der Waals surface area (Å²) in [5.41, 5.74) is 2.60. The first-order valence-electron chi connectivity index (χ1n) is 8.26. The fourth-order valence-corrected chi connectivity index (χ4v) is 3.08. The number of carbonyl (C=O) groups is 1. The Bertz CT molecular complexity index is 742. The standard InChI is InChI=1S/C18H22ClN3O2/c1-11(2)15-10-17(24-21-15)16-5-4-8-22(16)18(23)20-13-7-6-12(3)14(19)9-13/h6-7,9-11,16H,4-5,8H2,1-3H3,(H,20,23). The lowest BCUT2D eigenvalue weighted by molar-refractivity contribution is 0.195. The van der Waals surface area contributed by atoms with Gasteiger partial charge in [-0.25, -0.2) is 4.79 Å². The van der Waals surface area contributed by atoms with Crippen LogP contribution in [0.1, 0.15) is 55.7 Å². The van der Waals surface area contributed by atoms with Crippen molar-refractivity contribution in [3.8, 4) is 0 Å². The number of urea groups is 1. The number of nitrogens with zero attached hydrogens (tertiary/aromatic N) is 2. The Hall–Kier alpha value is -2.01. The molecule has 6 heteroatoms. The van der Waals surface area contributed by atoms with Crippen molar-refractivity contribution in [2.75, 3.05) is 11.9 Å². The maximum Gasteiger partial charge on any atom is 0.322 e. The summed E-state index contributed by atoms with van der Waals surface area (Å²) in [5, 5.41) is 7.67. The molecule has 0 saturated carbocycles. The molecule has 1 aromatic heterocycles. The average Bonchev–Trinajstić information content (AvgIpc) is 3.18. The average molecular weight is 348 g/mol. The Morgan fingerprint density at radius 2 is 2.21 bits per heavy atom. The molecule has 2 heterocycles. The Morgan fingerprint density at radius 1 is 1.42 bits per heavy atom. The first-order valence-corrected chi connectivity index (χ1v) is 8.64. The van der Waals surface area contributed by atoms with Gasteiger partial charge >= 0.3 is 6.03 Å². The molecule has 3 rings (SSSR count). The van der Waals surface area contributed by atoms with Gasteiger partial charge in [0.05, 0.1) is 11.7 Å². The van der Waals surface area contributed by atoms with Gasteiger partial charge in [0.1, 0.15) is 0 Å². The number of hydrogen-bond acceptors (Lipinski definition) is 3. The highest BCUT2D eigenvalue weighted by Crippen LogP contribution is 2.34. The molecule has 0 aliphatic carbocycles. The van der Waals surface area contributed by atoms with E-state index in [0.717, 1.165) is 29.9 Å². The van der Waals surface area contributed by atoms with Gasteiger partial charge in [0.2, 0.25) is 0 Å². The molecule has 1 saturated heterocycles. The number of hydrogen-bond donors (Lipinski definition) is 1. The summed E-state index contributed by atoms with van der Waals surface area (Å²) in [4.78, 5) is 14.4. The molecule has 1 N–H and O–H groups in total. The zero-order valence-corrected chi connectivity index (χ0v) is 14.9. The van der Waals surface area contributed by atoms with Crippen LogP contribution in [0, 0.1) is 6.92 Å². The third kappa shape index (κ3) is 3.41. The van der Waals surface area contributed by atoms with Crippen LogP contribution in [0.15, 0.2) is 28.8 Å². The van der Waals surface area contributed by atoms with E-state index in [2.05, 4.69) is 24.3 Å². The van der Waals surface area contributed by atoms with E-state index in [4.69, 9.17) is 16.1 Å². The smallest absolute Gasteiger partial charge is 0.322 e. The predicted octanol–water partition coefficient (Wildman–Crippen LogP) is 5.13. The quantitative estimate of drug-likeness (QED) is 0.837. The van der Waals surface area contributed by atoms with Crippen molar-refractivity contribution >= 4 is 23.3 Å². The molecule has 1 aliphatic rings. The monoisotopic (exact) mass is 347 g/mol. The molecular weight excluding hydrogens is 326 g/mol. The molecule has 2 aromatic rings. The van der Waals surface area contributed by atoms with Gasteiger partial charge in [0.25, 0.3) is 0 Å². The minimum absolute atomic E-state index is 0.0640. The van der Waals surface area contributed by atoms with E-state index in [-0.39, 0.29) is 12.1 Å². The molecule has 1 fully saturated rings. The van der Waals surface area contributed by atoms with E-state index in [9.17, 15) is 4.79 Å². The number of carbonyl (C=O) groups excluding carboxylic acids is 1. The molecular formula is C18H22ClN3O2. The number of amides is 2. The molecule has 1 unspecified atom stereocenters. The summed E-state index contributed by atoms with van der Waals surface area (Å²) in [6.45, 7) is 6.78. The minimum Gasteiger partial charge on any atom is -0.359 e. The molecule has 24 heavy (non-hydrogen) atoms. The third-order valence-corrected chi connectivity index (χ3v) is 4.81. The van der Waals surface area contributed by atoms with Gasteiger partial charge in [-0.15, -0.1) is 0 Å². The topological polar surface area (TPSA) is 58.4 Å². The van der Waals surface area contributed by atoms with E-state index < -0.39 is 0 Å². The molecule has 1 aromatic carbocycles. The van der Waals surface area contributed by atoms with Crippen LogP contribution in [-0.4, -0.2) is 22.6 Å². The van der Waals surface area contributed by atoms with E-state index in [1.807, 2.05) is 25.1 Å². The largest absolute Gasteiger partial charge is 0.359 e. The summed E-state index contributed by atoms with van der Waals surface area (Å²) in [6.07, 6.45) is 1.83. The van der Waals surface area contributed by atoms with Crippen LogP contribution in [0.2, 0.25) is 5.02 Å². The van der Waals surface area contributed by atoms with Gasteiger partial charge in [-0.2, -0.15) is 0 Å². The zero-order valence-electron chi connectivity index (χ0n) is 14.2. The van der Waals surface area contributed by atoms with Crippen LogP contribution in [-0.2, 0) is 0 Å². The maximum absolute atomic E-state index is 12.6. The van der Waals surface area contributed by atoms with Gasteiger partial charge < -0.3 is 14.7 Å². The molecule has 1 atom stereocenters. The number of nitrogens with one attached hydrogen (secondary N) is 1. The molecule has 5 nitrogen and oxygen atoms in total. The van der Waals surface area contributed by atoms with Crippen LogP contribution >= 0.6 is 11.6 Å². The van der Waals surface area contributed by atoms with Gasteiger partial charge in [0.15, 0.2) is 5.76 Å². The fraction of sp³-hybridized carbons (Fsp3) is 0.444. The second-order valence-electron chi connectivity index (χ2n) is 6.55. The van der Waals surface area contributed by atoms with Crippen molar-refractivity contribution in [3.05, 3.63) is 46.3 Å². The van der Waals surface area contributed by atoms with Crippen molar-refractivity contribution < 1.29 is 9.32 Å². The molecule has 1 aliphatic heterocycles. The van der Waals surface area contributed by atoms with Crippen LogP contribution in [0.4, 0.5) is 10.5 Å². The van der Waals surface area contributed by atoms with Crippen LogP contribution in [0.3, 0.4) is 0 Å². The zero-order chi connectivity index (χ0) is 17.3. The Kier molecular flexibility index (Phi) is 4.81. The molecule has 2 amide bonds. The number of benzene rings is 1. The van der Waals surface area contributed by atoms with E-state index >= 15 is 0 Å². The first kappa shape index (κ1) is 16.8. The van der Waals surface area contributed by atoms with Crippen molar-refractivity contribution in [2.24, 2.45) is 0 Å². The highest BCUT2D eigenvalue weighted by molar-refractivity contribution is 6.31. The number of aromatic nitrogens is 1. The number of rotatable bonds is 3. The number of anilines is 1. The Labute approximate surface area is 147 Å². The van der Waals surface area contributed by atoms with Gasteiger partial charge in [-0.1, -0.05) is 36.7 Å². The normalized spacial score (nSPS) is 17.5. The second-order valence-corrected chi connectivity index (χ2v) is 6.96. The molecule has 128 valence electrons. The fourth-order valence-electron chi connectivity index (χ4n) is 2.90. The Balaban J connectivity index is 1.74. The van der Waals surface area contributed by atoms with Crippen LogP contribution in [0.25, 0.3) is 0 Å². The number of aryl methyl sites for hydroxylation is 1. The Morgan fingerprint density at radius 3 is 2.88 bits per heavy atom. The summed E-state index contributed by atoms with van der Waals surface area (Å²) >= 11 is 6.13. The van der Waals surface area contributed by atoms with Crippen molar-refractivity contribution in [1.82, 2.24) is 10.1 Å². The van der Waals surface area contributed by atoms with Gasteiger partial charge in [0, 0.05) is 23.3 Å². The van der Waals surface area contributed by atoms with Crippen LogP contribution < -0.4 is 5.32 Å². The van der Waals surface area contributed by atoms with E-state index in [0.29, 0.717) is 23.2 Å². The third-order valence-electron chi connectivity index (χ3n) is 4.40. The summed E-state index contributed by atoms with van der Waals surface area (Å²) in [5.74, 6) is 1.06. The van der Waals surface area contributed by atoms with Crippen molar-refractivity contribution in [3.63, 3.8) is 0 Å². The number of likely N-dealkylation sites (tertiary alicyclic amines) is 1. The maximum atomic E-state index is 12.6. The molecule has 0 bridgehead atoms. The molecule has 0 spiro atoms. The van der Waals surface area contributed by atoms with Gasteiger partial charge in [-0.05, 0) is 43.4 Å². The molecule has 0 radical (unpaired) electrons. The summed E-state index contributed by atoms with van der Waals surface area (Å²) in [7, 11) is 0. The second kappa shape index (κ2) is 6.85. The first-order chi connectivity index (χ1) is 11.5. The van der Waals surface area contributed by atoms with E-state index in [1.54, 1.807) is 11.0 Å². The summed E-state index contributed by atoms with van der Waals surface area (Å²) < 4.78 is 5.48. The lowest BCUT2D eigenvalue weighted by Crippen LogP contribution is -2.34. The SMILES string of the molecule is Cc1ccc(NC(=O)N2CCCC2c2cc(C(C)C)no2)cc1Cl. The highest BCUT2D eigenvalue weighted by Gasteiger charge is 2.33. The van der Waals surface area contributed by atoms with Crippen LogP contribution in [0.5, 0.6) is 0 Å². The highest BCUT2D eigenvalue weighted by atomic mass is 35.5. The van der Waals surface area contributed by atoms with E-state index in [1.165, 1.54) is 0 Å². The predicted molar refractivity (Wildman–Crippen MR) is 94.5 cm³/mol. The lowest BCUT2D eigenvalue weighted by Gasteiger charge is -2.23. The lowest BCUT2D eigenvalue weighted by atomic mass is 10.1. The van der Waals surface area contributed by atoms with Crippen molar-refractivity contribution in [1.29, 1.82) is 0 Å². The van der Waals surface area contributed by atoms with Crippen molar-refractivity contribution in [2.45, 2.75) is 45.6 Å². The summed E-state index contributed by atoms with van der Waals surface area (Å²) in [6, 6.07) is 7.28.